The van der Waals surface area contributed by atoms with Gasteiger partial charge in [-0.15, -0.1) is 0 Å². The Morgan fingerprint density at radius 3 is 2.29 bits per heavy atom. The van der Waals surface area contributed by atoms with E-state index in [1.54, 1.807) is 7.05 Å². The molecule has 3 N–H and O–H groups in total. The number of hydrogen-bond donors (Lipinski definition) is 2. The molecule has 0 spiro atoms. The molecule has 0 radical (unpaired) electrons. The van der Waals surface area contributed by atoms with Crippen LogP contribution in [0.3, 0.4) is 0 Å². The normalized spacial score (nSPS) is 17.3. The zero-order chi connectivity index (χ0) is 15.3. The molecule has 0 atom stereocenters. The summed E-state index contributed by atoms with van der Waals surface area (Å²) in [5.74, 6) is 0. The second kappa shape index (κ2) is 7.35. The van der Waals surface area contributed by atoms with Gasteiger partial charge in [0.05, 0.1) is 0 Å². The van der Waals surface area contributed by atoms with Crippen LogP contribution in [0.15, 0.2) is 24.3 Å². The van der Waals surface area contributed by atoms with Crippen molar-refractivity contribution in [3.63, 3.8) is 0 Å². The van der Waals surface area contributed by atoms with E-state index in [-0.39, 0.29) is 6.04 Å². The Hall–Kier alpha value is -0.950. The van der Waals surface area contributed by atoms with Gasteiger partial charge in [-0.25, -0.2) is 0 Å². The van der Waals surface area contributed by atoms with Crippen molar-refractivity contribution in [3.05, 3.63) is 35.4 Å². The standard InChI is InChI=1S/C15H25N3O2S/c1-18(15-5-3-2-4-6-15)21(19,20)17-12-14-9-7-13(11-16)8-10-14/h7-10,15,17H,2-6,11-12,16H2,1H3. The van der Waals surface area contributed by atoms with E-state index in [1.807, 2.05) is 24.3 Å². The molecule has 1 aliphatic carbocycles. The Labute approximate surface area is 127 Å². The summed E-state index contributed by atoms with van der Waals surface area (Å²) in [6.07, 6.45) is 5.37. The lowest BCUT2D eigenvalue weighted by Gasteiger charge is -2.30. The number of rotatable bonds is 6. The SMILES string of the molecule is CN(C1CCCCC1)S(=O)(=O)NCc1ccc(CN)cc1. The molecule has 0 aromatic heterocycles. The molecule has 1 aromatic carbocycles. The highest BCUT2D eigenvalue weighted by Gasteiger charge is 2.27. The van der Waals surface area contributed by atoms with E-state index in [9.17, 15) is 8.42 Å². The Balaban J connectivity index is 1.93. The van der Waals surface area contributed by atoms with Crippen LogP contribution in [-0.2, 0) is 23.3 Å². The van der Waals surface area contributed by atoms with Crippen LogP contribution >= 0.6 is 0 Å². The summed E-state index contributed by atoms with van der Waals surface area (Å²) in [5, 5.41) is 0. The summed E-state index contributed by atoms with van der Waals surface area (Å²) in [5.41, 5.74) is 7.53. The third-order valence-electron chi connectivity index (χ3n) is 4.19. The van der Waals surface area contributed by atoms with Gasteiger partial charge in [0.2, 0.25) is 0 Å². The summed E-state index contributed by atoms with van der Waals surface area (Å²) in [6.45, 7) is 0.806. The Bertz CT molecular complexity index is 537. The highest BCUT2D eigenvalue weighted by atomic mass is 32.2. The third-order valence-corrected chi connectivity index (χ3v) is 5.75. The molecule has 0 heterocycles. The average molecular weight is 311 g/mol. The van der Waals surface area contributed by atoms with Gasteiger partial charge in [0, 0.05) is 26.2 Å². The molecule has 0 amide bonds. The van der Waals surface area contributed by atoms with E-state index in [1.165, 1.54) is 10.7 Å². The maximum Gasteiger partial charge on any atom is 0.279 e. The summed E-state index contributed by atoms with van der Waals surface area (Å²) >= 11 is 0. The lowest BCUT2D eigenvalue weighted by atomic mass is 9.96. The minimum atomic E-state index is -3.42. The van der Waals surface area contributed by atoms with Crippen LogP contribution < -0.4 is 10.5 Å². The van der Waals surface area contributed by atoms with E-state index in [0.717, 1.165) is 36.8 Å². The number of nitrogens with two attached hydrogens (primary N) is 1. The molecule has 21 heavy (non-hydrogen) atoms. The fourth-order valence-electron chi connectivity index (χ4n) is 2.71. The van der Waals surface area contributed by atoms with Crippen molar-refractivity contribution in [2.75, 3.05) is 7.05 Å². The second-order valence-electron chi connectivity index (χ2n) is 5.65. The first kappa shape index (κ1) is 16.4. The van der Waals surface area contributed by atoms with Gasteiger partial charge in [0.15, 0.2) is 0 Å². The molecule has 1 fully saturated rings. The number of nitrogens with zero attached hydrogens (tertiary/aromatic N) is 1. The Kier molecular flexibility index (Phi) is 5.75. The fourth-order valence-corrected chi connectivity index (χ4v) is 3.87. The molecule has 1 aliphatic rings. The van der Waals surface area contributed by atoms with E-state index >= 15 is 0 Å². The minimum Gasteiger partial charge on any atom is -0.326 e. The van der Waals surface area contributed by atoms with Crippen LogP contribution in [0.25, 0.3) is 0 Å². The van der Waals surface area contributed by atoms with Crippen molar-refractivity contribution >= 4 is 10.2 Å². The van der Waals surface area contributed by atoms with Gasteiger partial charge in [-0.1, -0.05) is 43.5 Å². The Morgan fingerprint density at radius 2 is 1.71 bits per heavy atom. The summed E-state index contributed by atoms with van der Waals surface area (Å²) in [4.78, 5) is 0. The van der Waals surface area contributed by atoms with Gasteiger partial charge >= 0.3 is 0 Å². The molecule has 1 saturated carbocycles. The van der Waals surface area contributed by atoms with Crippen LogP contribution in [0.2, 0.25) is 0 Å². The average Bonchev–Trinajstić information content (AvgIpc) is 2.53. The first-order chi connectivity index (χ1) is 10.0. The van der Waals surface area contributed by atoms with Gasteiger partial charge in [0.25, 0.3) is 10.2 Å². The van der Waals surface area contributed by atoms with Crippen LogP contribution in [-0.4, -0.2) is 25.8 Å². The lowest BCUT2D eigenvalue weighted by Crippen LogP contribution is -2.44. The quantitative estimate of drug-likeness (QED) is 0.840. The van der Waals surface area contributed by atoms with E-state index in [0.29, 0.717) is 13.1 Å². The van der Waals surface area contributed by atoms with Crippen LogP contribution in [0.5, 0.6) is 0 Å². The molecule has 0 bridgehead atoms. The molecule has 0 unspecified atom stereocenters. The highest BCUT2D eigenvalue weighted by molar-refractivity contribution is 7.87. The molecule has 0 aliphatic heterocycles. The maximum atomic E-state index is 12.3. The summed E-state index contributed by atoms with van der Waals surface area (Å²) in [6, 6.07) is 7.80. The Morgan fingerprint density at radius 1 is 1.14 bits per heavy atom. The third kappa shape index (κ3) is 4.51. The van der Waals surface area contributed by atoms with Crippen LogP contribution in [0.1, 0.15) is 43.2 Å². The van der Waals surface area contributed by atoms with E-state index in [4.69, 9.17) is 5.73 Å². The smallest absolute Gasteiger partial charge is 0.279 e. The van der Waals surface area contributed by atoms with Gasteiger partial charge < -0.3 is 5.73 Å². The highest BCUT2D eigenvalue weighted by Crippen LogP contribution is 2.23. The number of benzene rings is 1. The molecule has 118 valence electrons. The van der Waals surface area contributed by atoms with Crippen molar-refractivity contribution in [2.45, 2.75) is 51.2 Å². The van der Waals surface area contributed by atoms with Crippen molar-refractivity contribution in [2.24, 2.45) is 5.73 Å². The van der Waals surface area contributed by atoms with Gasteiger partial charge in [0.1, 0.15) is 0 Å². The minimum absolute atomic E-state index is 0.135. The predicted molar refractivity (Wildman–Crippen MR) is 84.7 cm³/mol. The van der Waals surface area contributed by atoms with E-state index < -0.39 is 10.2 Å². The monoisotopic (exact) mass is 311 g/mol. The molecule has 6 heteroatoms. The topological polar surface area (TPSA) is 75.4 Å². The van der Waals surface area contributed by atoms with Gasteiger partial charge in [-0.05, 0) is 24.0 Å². The lowest BCUT2D eigenvalue weighted by molar-refractivity contribution is 0.283. The summed E-state index contributed by atoms with van der Waals surface area (Å²) < 4.78 is 28.8. The zero-order valence-electron chi connectivity index (χ0n) is 12.6. The maximum absolute atomic E-state index is 12.3. The first-order valence-corrected chi connectivity index (χ1v) is 8.97. The molecular weight excluding hydrogens is 286 g/mol. The van der Waals surface area contributed by atoms with Crippen molar-refractivity contribution in [3.8, 4) is 0 Å². The second-order valence-corrected chi connectivity index (χ2v) is 7.47. The number of hydrogen-bond acceptors (Lipinski definition) is 3. The van der Waals surface area contributed by atoms with Crippen LogP contribution in [0, 0.1) is 0 Å². The predicted octanol–water partition coefficient (Wildman–Crippen LogP) is 1.74. The fraction of sp³-hybridized carbons (Fsp3) is 0.600. The van der Waals surface area contributed by atoms with Crippen molar-refractivity contribution in [1.82, 2.24) is 9.03 Å². The largest absolute Gasteiger partial charge is 0.326 e. The van der Waals surface area contributed by atoms with Gasteiger partial charge in [-0.2, -0.15) is 17.4 Å². The number of nitrogens with one attached hydrogen (secondary N) is 1. The summed E-state index contributed by atoms with van der Waals surface area (Å²) in [7, 11) is -1.74. The molecule has 2 rings (SSSR count). The van der Waals surface area contributed by atoms with Crippen LogP contribution in [0.4, 0.5) is 0 Å². The molecule has 5 nitrogen and oxygen atoms in total. The van der Waals surface area contributed by atoms with Gasteiger partial charge in [-0.3, -0.25) is 0 Å². The molecule has 0 saturated heterocycles. The first-order valence-electron chi connectivity index (χ1n) is 7.53. The van der Waals surface area contributed by atoms with Crippen molar-refractivity contribution in [1.29, 1.82) is 0 Å². The molecular formula is C15H25N3O2S. The van der Waals surface area contributed by atoms with Crippen molar-refractivity contribution < 1.29 is 8.42 Å². The molecule has 1 aromatic rings. The zero-order valence-corrected chi connectivity index (χ0v) is 13.4. The van der Waals surface area contributed by atoms with E-state index in [2.05, 4.69) is 4.72 Å².